The summed E-state index contributed by atoms with van der Waals surface area (Å²) in [4.78, 5) is 16.2. The Labute approximate surface area is 115 Å². The van der Waals surface area contributed by atoms with Gasteiger partial charge in [-0.25, -0.2) is 0 Å². The van der Waals surface area contributed by atoms with Crippen LogP contribution in [-0.2, 0) is 4.79 Å². The second-order valence-corrected chi connectivity index (χ2v) is 7.61. The molecule has 18 heavy (non-hydrogen) atoms. The van der Waals surface area contributed by atoms with Gasteiger partial charge >= 0.3 is 0 Å². The van der Waals surface area contributed by atoms with E-state index in [1.807, 2.05) is 11.9 Å². The molecule has 1 aliphatic rings. The SMILES string of the molecule is CN(CCN1CCNCC1)C(=O)CSC(C)(C)C. The van der Waals surface area contributed by atoms with Crippen molar-refractivity contribution in [2.24, 2.45) is 0 Å². The first-order valence-corrected chi connectivity index (χ1v) is 7.68. The summed E-state index contributed by atoms with van der Waals surface area (Å²) in [6, 6.07) is 0. The predicted octanol–water partition coefficient (Wildman–Crippen LogP) is 0.882. The van der Waals surface area contributed by atoms with Gasteiger partial charge in [-0.3, -0.25) is 9.69 Å². The lowest BCUT2D eigenvalue weighted by Crippen LogP contribution is -2.46. The Kier molecular flexibility index (Phi) is 6.46. The standard InChI is InChI=1S/C13H27N3OS/c1-13(2,3)18-11-12(17)15(4)9-10-16-7-5-14-6-8-16/h14H,5-11H2,1-4H3. The van der Waals surface area contributed by atoms with Crippen molar-refractivity contribution in [1.29, 1.82) is 0 Å². The van der Waals surface area contributed by atoms with E-state index in [9.17, 15) is 4.79 Å². The van der Waals surface area contributed by atoms with Crippen LogP contribution in [0.4, 0.5) is 0 Å². The van der Waals surface area contributed by atoms with Crippen LogP contribution in [0, 0.1) is 0 Å². The van der Waals surface area contributed by atoms with E-state index < -0.39 is 0 Å². The van der Waals surface area contributed by atoms with Gasteiger partial charge in [0.15, 0.2) is 0 Å². The molecule has 1 fully saturated rings. The highest BCUT2D eigenvalue weighted by Gasteiger charge is 2.17. The maximum absolute atomic E-state index is 11.9. The molecular weight excluding hydrogens is 246 g/mol. The molecule has 5 heteroatoms. The first-order valence-electron chi connectivity index (χ1n) is 6.69. The van der Waals surface area contributed by atoms with Gasteiger partial charge in [0.25, 0.3) is 0 Å². The molecule has 1 saturated heterocycles. The number of hydrogen-bond acceptors (Lipinski definition) is 4. The van der Waals surface area contributed by atoms with Gasteiger partial charge < -0.3 is 10.2 Å². The van der Waals surface area contributed by atoms with Crippen molar-refractivity contribution in [1.82, 2.24) is 15.1 Å². The van der Waals surface area contributed by atoms with E-state index in [4.69, 9.17) is 0 Å². The minimum Gasteiger partial charge on any atom is -0.344 e. The number of amides is 1. The van der Waals surface area contributed by atoms with Gasteiger partial charge in [0, 0.05) is 51.1 Å². The van der Waals surface area contributed by atoms with Gasteiger partial charge in [0.1, 0.15) is 0 Å². The summed E-state index contributed by atoms with van der Waals surface area (Å²) in [6.07, 6.45) is 0. The number of thioether (sulfide) groups is 1. The molecule has 1 aliphatic heterocycles. The Morgan fingerprint density at radius 3 is 2.50 bits per heavy atom. The van der Waals surface area contributed by atoms with Crippen molar-refractivity contribution in [2.45, 2.75) is 25.5 Å². The number of likely N-dealkylation sites (N-methyl/N-ethyl adjacent to an activating group) is 1. The van der Waals surface area contributed by atoms with Crippen LogP contribution in [0.3, 0.4) is 0 Å². The summed E-state index contributed by atoms with van der Waals surface area (Å²) in [5.41, 5.74) is 0. The Hall–Kier alpha value is -0.260. The summed E-state index contributed by atoms with van der Waals surface area (Å²) < 4.78 is 0.162. The zero-order chi connectivity index (χ0) is 13.6. The van der Waals surface area contributed by atoms with E-state index in [1.165, 1.54) is 0 Å². The van der Waals surface area contributed by atoms with Gasteiger partial charge in [-0.15, -0.1) is 11.8 Å². The minimum absolute atomic E-state index is 0.162. The average molecular weight is 273 g/mol. The van der Waals surface area contributed by atoms with E-state index in [0.717, 1.165) is 39.3 Å². The molecule has 0 radical (unpaired) electrons. The molecule has 0 spiro atoms. The number of nitrogens with one attached hydrogen (secondary N) is 1. The molecule has 1 rings (SSSR count). The summed E-state index contributed by atoms with van der Waals surface area (Å²) in [7, 11) is 1.91. The summed E-state index contributed by atoms with van der Waals surface area (Å²) in [5.74, 6) is 0.826. The molecule has 0 aliphatic carbocycles. The molecule has 1 N–H and O–H groups in total. The Morgan fingerprint density at radius 2 is 1.94 bits per heavy atom. The highest BCUT2D eigenvalue weighted by atomic mass is 32.2. The number of piperazine rings is 1. The van der Waals surface area contributed by atoms with Crippen molar-refractivity contribution in [3.05, 3.63) is 0 Å². The normalized spacial score (nSPS) is 17.8. The predicted molar refractivity (Wildman–Crippen MR) is 79.2 cm³/mol. The largest absolute Gasteiger partial charge is 0.344 e. The molecule has 0 aromatic rings. The van der Waals surface area contributed by atoms with Crippen molar-refractivity contribution in [2.75, 3.05) is 52.1 Å². The number of rotatable bonds is 5. The monoisotopic (exact) mass is 273 g/mol. The van der Waals surface area contributed by atoms with Gasteiger partial charge in [-0.2, -0.15) is 0 Å². The first-order chi connectivity index (χ1) is 8.38. The maximum Gasteiger partial charge on any atom is 0.232 e. The van der Waals surface area contributed by atoms with Crippen LogP contribution in [0.15, 0.2) is 0 Å². The van der Waals surface area contributed by atoms with E-state index in [2.05, 4.69) is 31.0 Å². The molecular formula is C13H27N3OS. The Balaban J connectivity index is 2.18. The van der Waals surface area contributed by atoms with E-state index in [-0.39, 0.29) is 10.7 Å². The van der Waals surface area contributed by atoms with Gasteiger partial charge in [-0.1, -0.05) is 20.8 Å². The van der Waals surface area contributed by atoms with Crippen LogP contribution in [-0.4, -0.2) is 72.5 Å². The maximum atomic E-state index is 11.9. The fourth-order valence-electron chi connectivity index (χ4n) is 1.74. The lowest BCUT2D eigenvalue weighted by Gasteiger charge is -2.29. The fourth-order valence-corrected chi connectivity index (χ4v) is 2.52. The zero-order valence-corrected chi connectivity index (χ0v) is 13.0. The second-order valence-electron chi connectivity index (χ2n) is 5.81. The van der Waals surface area contributed by atoms with Crippen LogP contribution < -0.4 is 5.32 Å². The zero-order valence-electron chi connectivity index (χ0n) is 12.2. The first kappa shape index (κ1) is 15.8. The molecule has 1 heterocycles. The van der Waals surface area contributed by atoms with E-state index in [1.54, 1.807) is 11.8 Å². The van der Waals surface area contributed by atoms with Crippen molar-refractivity contribution in [3.8, 4) is 0 Å². The van der Waals surface area contributed by atoms with Crippen LogP contribution in [0.2, 0.25) is 0 Å². The minimum atomic E-state index is 0.162. The third kappa shape index (κ3) is 6.61. The highest BCUT2D eigenvalue weighted by molar-refractivity contribution is 8.01. The van der Waals surface area contributed by atoms with E-state index >= 15 is 0 Å². The smallest absolute Gasteiger partial charge is 0.232 e. The highest BCUT2D eigenvalue weighted by Crippen LogP contribution is 2.22. The quantitative estimate of drug-likeness (QED) is 0.807. The van der Waals surface area contributed by atoms with Gasteiger partial charge in [0.2, 0.25) is 5.91 Å². The number of hydrogen-bond donors (Lipinski definition) is 1. The summed E-state index contributed by atoms with van der Waals surface area (Å²) >= 11 is 1.72. The molecule has 106 valence electrons. The lowest BCUT2D eigenvalue weighted by atomic mass is 10.3. The summed E-state index contributed by atoms with van der Waals surface area (Å²) in [6.45, 7) is 12.6. The molecule has 0 saturated carbocycles. The third-order valence-electron chi connectivity index (χ3n) is 3.02. The second kappa shape index (κ2) is 7.36. The van der Waals surface area contributed by atoms with E-state index in [0.29, 0.717) is 5.75 Å². The molecule has 1 amide bonds. The molecule has 0 aromatic heterocycles. The van der Waals surface area contributed by atoms with Crippen LogP contribution in [0.5, 0.6) is 0 Å². The Morgan fingerprint density at radius 1 is 1.33 bits per heavy atom. The number of carbonyl (C=O) groups is 1. The molecule has 4 nitrogen and oxygen atoms in total. The Bertz CT molecular complexity index is 259. The van der Waals surface area contributed by atoms with Crippen LogP contribution in [0.1, 0.15) is 20.8 Å². The average Bonchev–Trinajstić information content (AvgIpc) is 2.33. The lowest BCUT2D eigenvalue weighted by molar-refractivity contribution is -0.127. The van der Waals surface area contributed by atoms with Crippen molar-refractivity contribution >= 4 is 17.7 Å². The topological polar surface area (TPSA) is 35.6 Å². The molecule has 0 bridgehead atoms. The van der Waals surface area contributed by atoms with Crippen LogP contribution in [0.25, 0.3) is 0 Å². The van der Waals surface area contributed by atoms with Gasteiger partial charge in [0.05, 0.1) is 5.75 Å². The molecule has 0 aromatic carbocycles. The number of nitrogens with zero attached hydrogens (tertiary/aromatic N) is 2. The van der Waals surface area contributed by atoms with Crippen LogP contribution >= 0.6 is 11.8 Å². The summed E-state index contributed by atoms with van der Waals surface area (Å²) in [5, 5.41) is 3.34. The van der Waals surface area contributed by atoms with Crippen molar-refractivity contribution in [3.63, 3.8) is 0 Å². The third-order valence-corrected chi connectivity index (χ3v) is 4.27. The van der Waals surface area contributed by atoms with Crippen molar-refractivity contribution < 1.29 is 4.79 Å². The number of carbonyl (C=O) groups excluding carboxylic acids is 1. The fraction of sp³-hybridized carbons (Fsp3) is 0.923. The molecule has 0 unspecified atom stereocenters. The molecule has 0 atom stereocenters. The van der Waals surface area contributed by atoms with Gasteiger partial charge in [-0.05, 0) is 0 Å².